The van der Waals surface area contributed by atoms with Crippen LogP contribution in [0.4, 0.5) is 0 Å². The summed E-state index contributed by atoms with van der Waals surface area (Å²) in [4.78, 5) is 4.28. The van der Waals surface area contributed by atoms with Crippen LogP contribution in [0.1, 0.15) is 22.9 Å². The predicted octanol–water partition coefficient (Wildman–Crippen LogP) is 3.29. The van der Waals surface area contributed by atoms with Gasteiger partial charge in [0.15, 0.2) is 0 Å². The second-order valence-corrected chi connectivity index (χ2v) is 4.63. The Labute approximate surface area is 106 Å². The van der Waals surface area contributed by atoms with E-state index in [1.807, 2.05) is 37.3 Å². The maximum Gasteiger partial charge on any atom is 0.0422 e. The Morgan fingerprint density at radius 1 is 1.29 bits per heavy atom. The van der Waals surface area contributed by atoms with Crippen LogP contribution in [0.2, 0.25) is 5.02 Å². The summed E-state index contributed by atoms with van der Waals surface area (Å²) in [5.41, 5.74) is 9.35. The van der Waals surface area contributed by atoms with Gasteiger partial charge in [-0.05, 0) is 42.3 Å². The van der Waals surface area contributed by atoms with Gasteiger partial charge in [0.05, 0.1) is 0 Å². The van der Waals surface area contributed by atoms with Crippen molar-refractivity contribution in [1.82, 2.24) is 4.98 Å². The highest BCUT2D eigenvalue weighted by Gasteiger charge is 2.09. The number of rotatable bonds is 3. The van der Waals surface area contributed by atoms with Crippen LogP contribution in [-0.2, 0) is 6.42 Å². The van der Waals surface area contributed by atoms with Crippen molar-refractivity contribution >= 4 is 11.6 Å². The third-order valence-electron chi connectivity index (χ3n) is 2.65. The largest absolute Gasteiger partial charge is 0.324 e. The van der Waals surface area contributed by atoms with Gasteiger partial charge in [-0.25, -0.2) is 0 Å². The maximum atomic E-state index is 6.17. The Bertz CT molecular complexity index is 477. The summed E-state index contributed by atoms with van der Waals surface area (Å²) >= 11 is 6.03. The number of hydrogen-bond acceptors (Lipinski definition) is 2. The van der Waals surface area contributed by atoms with Crippen LogP contribution in [0.5, 0.6) is 0 Å². The molecule has 0 bridgehead atoms. The predicted molar refractivity (Wildman–Crippen MR) is 71.1 cm³/mol. The Hall–Kier alpha value is -1.38. The molecule has 0 fully saturated rings. The highest BCUT2D eigenvalue weighted by Crippen LogP contribution is 2.21. The molecule has 2 aromatic rings. The lowest BCUT2D eigenvalue weighted by molar-refractivity contribution is 0.706. The van der Waals surface area contributed by atoms with Gasteiger partial charge >= 0.3 is 0 Å². The molecule has 0 aliphatic carbocycles. The lowest BCUT2D eigenvalue weighted by atomic mass is 10.0. The van der Waals surface area contributed by atoms with Gasteiger partial charge < -0.3 is 5.73 Å². The lowest BCUT2D eigenvalue weighted by Crippen LogP contribution is -2.14. The van der Waals surface area contributed by atoms with Gasteiger partial charge in [0.25, 0.3) is 0 Å². The first-order valence-corrected chi connectivity index (χ1v) is 5.95. The smallest absolute Gasteiger partial charge is 0.0422 e. The third kappa shape index (κ3) is 3.29. The molecule has 0 amide bonds. The third-order valence-corrected chi connectivity index (χ3v) is 2.87. The minimum Gasteiger partial charge on any atom is -0.324 e. The van der Waals surface area contributed by atoms with Gasteiger partial charge in [-0.3, -0.25) is 4.98 Å². The van der Waals surface area contributed by atoms with Crippen LogP contribution in [0, 0.1) is 6.92 Å². The number of pyridine rings is 1. The van der Waals surface area contributed by atoms with E-state index in [1.165, 1.54) is 0 Å². The van der Waals surface area contributed by atoms with E-state index in [9.17, 15) is 0 Å². The summed E-state index contributed by atoms with van der Waals surface area (Å²) in [7, 11) is 0. The summed E-state index contributed by atoms with van der Waals surface area (Å²) in [5.74, 6) is 0. The quantitative estimate of drug-likeness (QED) is 0.903. The number of nitrogens with zero attached hydrogens (tertiary/aromatic N) is 1. The zero-order valence-electron chi connectivity index (χ0n) is 9.73. The number of halogens is 1. The number of nitrogens with two attached hydrogens (primary N) is 1. The Morgan fingerprint density at radius 2 is 2.12 bits per heavy atom. The zero-order valence-corrected chi connectivity index (χ0v) is 10.5. The molecule has 17 heavy (non-hydrogen) atoms. The molecule has 1 heterocycles. The fraction of sp³-hybridized carbons (Fsp3) is 0.214. The molecule has 1 atom stereocenters. The van der Waals surface area contributed by atoms with Crippen LogP contribution in [-0.4, -0.2) is 4.98 Å². The molecule has 0 saturated heterocycles. The van der Waals surface area contributed by atoms with E-state index in [1.54, 1.807) is 6.20 Å². The zero-order chi connectivity index (χ0) is 12.3. The van der Waals surface area contributed by atoms with Gasteiger partial charge in [0.1, 0.15) is 0 Å². The summed E-state index contributed by atoms with van der Waals surface area (Å²) < 4.78 is 0. The molecule has 0 spiro atoms. The van der Waals surface area contributed by atoms with Crippen LogP contribution in [0.15, 0.2) is 42.6 Å². The maximum absolute atomic E-state index is 6.17. The minimum atomic E-state index is -0.0673. The molecule has 0 aliphatic heterocycles. The molecule has 2 rings (SSSR count). The number of aromatic nitrogens is 1. The van der Waals surface area contributed by atoms with Crippen molar-refractivity contribution < 1.29 is 0 Å². The van der Waals surface area contributed by atoms with Crippen molar-refractivity contribution in [2.24, 2.45) is 5.73 Å². The van der Waals surface area contributed by atoms with Crippen molar-refractivity contribution in [3.63, 3.8) is 0 Å². The highest BCUT2D eigenvalue weighted by atomic mass is 35.5. The molecular formula is C14H15ClN2. The second-order valence-electron chi connectivity index (χ2n) is 4.19. The molecule has 0 aliphatic rings. The van der Waals surface area contributed by atoms with E-state index in [0.29, 0.717) is 0 Å². The molecule has 2 nitrogen and oxygen atoms in total. The SMILES string of the molecule is Cc1cc(Cl)cc(C(N)Cc2ccccn2)c1. The van der Waals surface area contributed by atoms with Gasteiger partial charge in [-0.2, -0.15) is 0 Å². The van der Waals surface area contributed by atoms with Crippen molar-refractivity contribution in [2.75, 3.05) is 0 Å². The van der Waals surface area contributed by atoms with Gasteiger partial charge in [0.2, 0.25) is 0 Å². The standard InChI is InChI=1S/C14H15ClN2/c1-10-6-11(8-12(15)7-10)14(16)9-13-4-2-3-5-17-13/h2-8,14H,9,16H2,1H3. The van der Waals surface area contributed by atoms with Crippen LogP contribution in [0.3, 0.4) is 0 Å². The van der Waals surface area contributed by atoms with Crippen LogP contribution in [0.25, 0.3) is 0 Å². The fourth-order valence-corrected chi connectivity index (χ4v) is 2.14. The Kier molecular flexibility index (Phi) is 3.77. The first kappa shape index (κ1) is 12.1. The first-order chi connectivity index (χ1) is 8.15. The topological polar surface area (TPSA) is 38.9 Å². The molecular weight excluding hydrogens is 232 g/mol. The Balaban J connectivity index is 2.17. The number of aryl methyl sites for hydroxylation is 1. The van der Waals surface area contributed by atoms with E-state index >= 15 is 0 Å². The van der Waals surface area contributed by atoms with Gasteiger partial charge in [0, 0.05) is 29.4 Å². The van der Waals surface area contributed by atoms with Crippen LogP contribution < -0.4 is 5.73 Å². The van der Waals surface area contributed by atoms with Crippen molar-refractivity contribution in [1.29, 1.82) is 0 Å². The number of hydrogen-bond donors (Lipinski definition) is 1. The average molecular weight is 247 g/mol. The molecule has 1 aromatic heterocycles. The molecule has 1 unspecified atom stereocenters. The minimum absolute atomic E-state index is 0.0673. The summed E-state index contributed by atoms with van der Waals surface area (Å²) in [6, 6.07) is 11.7. The second kappa shape index (κ2) is 5.30. The van der Waals surface area contributed by atoms with Gasteiger partial charge in [-0.1, -0.05) is 23.7 Å². The molecule has 0 saturated carbocycles. The molecule has 88 valence electrons. The molecule has 0 radical (unpaired) electrons. The molecule has 2 N–H and O–H groups in total. The van der Waals surface area contributed by atoms with E-state index in [2.05, 4.69) is 11.1 Å². The molecule has 1 aromatic carbocycles. The first-order valence-electron chi connectivity index (χ1n) is 5.58. The Morgan fingerprint density at radius 3 is 2.76 bits per heavy atom. The number of benzene rings is 1. The highest BCUT2D eigenvalue weighted by molar-refractivity contribution is 6.30. The van der Waals surface area contributed by atoms with E-state index in [0.717, 1.165) is 28.3 Å². The average Bonchev–Trinajstić information content (AvgIpc) is 2.29. The summed E-state index contributed by atoms with van der Waals surface area (Å²) in [6.45, 7) is 2.02. The van der Waals surface area contributed by atoms with E-state index in [-0.39, 0.29) is 6.04 Å². The van der Waals surface area contributed by atoms with Crippen LogP contribution >= 0.6 is 11.6 Å². The van der Waals surface area contributed by atoms with E-state index in [4.69, 9.17) is 17.3 Å². The summed E-state index contributed by atoms with van der Waals surface area (Å²) in [6.07, 6.45) is 2.51. The van der Waals surface area contributed by atoms with Crippen molar-refractivity contribution in [3.8, 4) is 0 Å². The fourth-order valence-electron chi connectivity index (χ4n) is 1.84. The van der Waals surface area contributed by atoms with Crippen molar-refractivity contribution in [3.05, 3.63) is 64.4 Å². The van der Waals surface area contributed by atoms with Gasteiger partial charge in [-0.15, -0.1) is 0 Å². The molecule has 3 heteroatoms. The monoisotopic (exact) mass is 246 g/mol. The lowest BCUT2D eigenvalue weighted by Gasteiger charge is -2.12. The summed E-state index contributed by atoms with van der Waals surface area (Å²) in [5, 5.41) is 0.733. The van der Waals surface area contributed by atoms with Crippen molar-refractivity contribution in [2.45, 2.75) is 19.4 Å². The normalized spacial score (nSPS) is 12.4. The van der Waals surface area contributed by atoms with E-state index < -0.39 is 0 Å².